The number of alkyl halides is 3. The van der Waals surface area contributed by atoms with Crippen LogP contribution in [0.5, 0.6) is 0 Å². The third-order valence-electron chi connectivity index (χ3n) is 2.68. The third kappa shape index (κ3) is 6.12. The van der Waals surface area contributed by atoms with Crippen LogP contribution in [0.3, 0.4) is 0 Å². The monoisotopic (exact) mass is 319 g/mol. The molecule has 0 heterocycles. The molecule has 21 heavy (non-hydrogen) atoms. The summed E-state index contributed by atoms with van der Waals surface area (Å²) in [6.45, 7) is 1.82. The standard InChI is InChI=1S/C14H16F3NO2S/c1-10(8-13(19)18-6-7-21(2)20)11-4-3-5-12(9-11)14(15,16)17/h3-5,8-9H,6-7H2,1-2H3,(H,18,19)/b10-8+. The Bertz CT molecular complexity index is 568. The zero-order valence-electron chi connectivity index (χ0n) is 11.7. The molecule has 1 rings (SSSR count). The summed E-state index contributed by atoms with van der Waals surface area (Å²) in [5.74, 6) is -0.0855. The Morgan fingerprint density at radius 3 is 2.62 bits per heavy atom. The van der Waals surface area contributed by atoms with E-state index in [1.54, 1.807) is 6.92 Å². The van der Waals surface area contributed by atoms with Gasteiger partial charge in [-0.2, -0.15) is 13.2 Å². The average molecular weight is 319 g/mol. The number of carbonyl (C=O) groups is 1. The summed E-state index contributed by atoms with van der Waals surface area (Å²) in [4.78, 5) is 11.6. The normalized spacial score (nSPS) is 13.9. The molecular formula is C14H16F3NO2S. The van der Waals surface area contributed by atoms with Gasteiger partial charge in [-0.05, 0) is 30.2 Å². The second-order valence-corrected chi connectivity index (χ2v) is 6.03. The van der Waals surface area contributed by atoms with Gasteiger partial charge < -0.3 is 5.32 Å². The van der Waals surface area contributed by atoms with Crippen LogP contribution in [0.25, 0.3) is 5.57 Å². The number of carbonyl (C=O) groups excluding carboxylic acids is 1. The molecule has 116 valence electrons. The molecule has 0 bridgehead atoms. The Morgan fingerprint density at radius 2 is 2.05 bits per heavy atom. The number of halogens is 3. The van der Waals surface area contributed by atoms with Crippen LogP contribution in [-0.4, -0.2) is 28.7 Å². The quantitative estimate of drug-likeness (QED) is 0.848. The average Bonchev–Trinajstić information content (AvgIpc) is 2.37. The van der Waals surface area contributed by atoms with Gasteiger partial charge in [-0.3, -0.25) is 9.00 Å². The van der Waals surface area contributed by atoms with Gasteiger partial charge in [-0.1, -0.05) is 12.1 Å². The van der Waals surface area contributed by atoms with Gasteiger partial charge in [-0.25, -0.2) is 0 Å². The first-order chi connectivity index (χ1) is 9.70. The highest BCUT2D eigenvalue weighted by atomic mass is 32.2. The molecule has 0 aromatic heterocycles. The molecule has 0 spiro atoms. The molecule has 1 unspecified atom stereocenters. The fourth-order valence-corrected chi connectivity index (χ4v) is 1.98. The maximum Gasteiger partial charge on any atom is 0.416 e. The summed E-state index contributed by atoms with van der Waals surface area (Å²) >= 11 is 0. The van der Waals surface area contributed by atoms with Crippen molar-refractivity contribution >= 4 is 22.3 Å². The number of amides is 1. The smallest absolute Gasteiger partial charge is 0.352 e. The van der Waals surface area contributed by atoms with Crippen molar-refractivity contribution in [1.29, 1.82) is 0 Å². The molecule has 0 aliphatic heterocycles. The van der Waals surface area contributed by atoms with Crippen LogP contribution in [-0.2, 0) is 21.8 Å². The van der Waals surface area contributed by atoms with E-state index in [-0.39, 0.29) is 6.54 Å². The lowest BCUT2D eigenvalue weighted by atomic mass is 10.0. The molecule has 0 saturated carbocycles. The van der Waals surface area contributed by atoms with E-state index >= 15 is 0 Å². The fourth-order valence-electron chi connectivity index (χ4n) is 1.59. The second kappa shape index (κ2) is 7.40. The Labute approximate surface area is 123 Å². The highest BCUT2D eigenvalue weighted by molar-refractivity contribution is 7.84. The van der Waals surface area contributed by atoms with Crippen LogP contribution in [0.1, 0.15) is 18.1 Å². The minimum absolute atomic E-state index is 0.258. The largest absolute Gasteiger partial charge is 0.416 e. The molecule has 0 aliphatic rings. The molecule has 1 atom stereocenters. The van der Waals surface area contributed by atoms with E-state index in [1.165, 1.54) is 24.5 Å². The van der Waals surface area contributed by atoms with Crippen LogP contribution in [0.2, 0.25) is 0 Å². The molecule has 1 N–H and O–H groups in total. The first kappa shape index (κ1) is 17.4. The van der Waals surface area contributed by atoms with E-state index in [9.17, 15) is 22.2 Å². The predicted octanol–water partition coefficient (Wildman–Crippen LogP) is 2.60. The molecule has 0 fully saturated rings. The summed E-state index contributed by atoms with van der Waals surface area (Å²) in [6.07, 6.45) is -1.66. The minimum Gasteiger partial charge on any atom is -0.352 e. The number of allylic oxidation sites excluding steroid dienone is 1. The summed E-state index contributed by atoms with van der Waals surface area (Å²) in [5.41, 5.74) is 0.00445. The van der Waals surface area contributed by atoms with E-state index in [1.807, 2.05) is 0 Å². The molecule has 1 aromatic carbocycles. The van der Waals surface area contributed by atoms with Gasteiger partial charge in [0.1, 0.15) is 0 Å². The van der Waals surface area contributed by atoms with Crippen molar-refractivity contribution in [2.45, 2.75) is 13.1 Å². The number of hydrogen-bond donors (Lipinski definition) is 1. The van der Waals surface area contributed by atoms with Crippen molar-refractivity contribution in [2.24, 2.45) is 0 Å². The predicted molar refractivity (Wildman–Crippen MR) is 77.0 cm³/mol. The fraction of sp³-hybridized carbons (Fsp3) is 0.357. The highest BCUT2D eigenvalue weighted by Crippen LogP contribution is 2.30. The Hall–Kier alpha value is -1.63. The minimum atomic E-state index is -4.41. The zero-order chi connectivity index (χ0) is 16.0. The molecule has 1 amide bonds. The van der Waals surface area contributed by atoms with Gasteiger partial charge in [0, 0.05) is 35.4 Å². The van der Waals surface area contributed by atoms with Gasteiger partial charge in [-0.15, -0.1) is 0 Å². The molecule has 0 saturated heterocycles. The van der Waals surface area contributed by atoms with Gasteiger partial charge in [0.25, 0.3) is 0 Å². The first-order valence-corrected chi connectivity index (χ1v) is 7.86. The maximum absolute atomic E-state index is 12.6. The van der Waals surface area contributed by atoms with Crippen molar-refractivity contribution in [3.63, 3.8) is 0 Å². The van der Waals surface area contributed by atoms with Crippen LogP contribution in [0.15, 0.2) is 30.3 Å². The highest BCUT2D eigenvalue weighted by Gasteiger charge is 2.30. The summed E-state index contributed by atoms with van der Waals surface area (Å²) < 4.78 is 48.7. The molecule has 7 heteroatoms. The van der Waals surface area contributed by atoms with Gasteiger partial charge in [0.15, 0.2) is 0 Å². The Morgan fingerprint density at radius 1 is 1.38 bits per heavy atom. The summed E-state index contributed by atoms with van der Waals surface area (Å²) in [5, 5.41) is 2.53. The van der Waals surface area contributed by atoms with Crippen LogP contribution >= 0.6 is 0 Å². The van der Waals surface area contributed by atoms with E-state index in [2.05, 4.69) is 5.32 Å². The van der Waals surface area contributed by atoms with Crippen molar-refractivity contribution < 1.29 is 22.2 Å². The first-order valence-electron chi connectivity index (χ1n) is 6.14. The van der Waals surface area contributed by atoms with E-state index in [4.69, 9.17) is 0 Å². The van der Waals surface area contributed by atoms with E-state index < -0.39 is 28.4 Å². The van der Waals surface area contributed by atoms with E-state index in [0.717, 1.165) is 12.1 Å². The van der Waals surface area contributed by atoms with Crippen molar-refractivity contribution in [2.75, 3.05) is 18.6 Å². The number of rotatable bonds is 5. The van der Waals surface area contributed by atoms with Gasteiger partial charge >= 0.3 is 6.18 Å². The second-order valence-electron chi connectivity index (χ2n) is 4.47. The molecular weight excluding hydrogens is 303 g/mol. The number of benzene rings is 1. The number of hydrogen-bond acceptors (Lipinski definition) is 2. The van der Waals surface area contributed by atoms with Crippen molar-refractivity contribution in [3.8, 4) is 0 Å². The van der Waals surface area contributed by atoms with Crippen molar-refractivity contribution in [1.82, 2.24) is 5.32 Å². The molecule has 0 radical (unpaired) electrons. The van der Waals surface area contributed by atoms with Crippen LogP contribution < -0.4 is 5.32 Å². The third-order valence-corrected chi connectivity index (χ3v) is 3.46. The Balaban J connectivity index is 2.78. The summed E-state index contributed by atoms with van der Waals surface area (Å²) in [6, 6.07) is 4.79. The lowest BCUT2D eigenvalue weighted by Gasteiger charge is -2.09. The van der Waals surface area contributed by atoms with Crippen molar-refractivity contribution in [3.05, 3.63) is 41.5 Å². The van der Waals surface area contributed by atoms with Gasteiger partial charge in [0.2, 0.25) is 5.91 Å². The molecule has 3 nitrogen and oxygen atoms in total. The lowest BCUT2D eigenvalue weighted by Crippen LogP contribution is -2.25. The maximum atomic E-state index is 12.6. The zero-order valence-corrected chi connectivity index (χ0v) is 12.5. The van der Waals surface area contributed by atoms with E-state index in [0.29, 0.717) is 16.9 Å². The topological polar surface area (TPSA) is 46.2 Å². The lowest BCUT2D eigenvalue weighted by molar-refractivity contribution is -0.137. The van der Waals surface area contributed by atoms with Crippen LogP contribution in [0.4, 0.5) is 13.2 Å². The van der Waals surface area contributed by atoms with Gasteiger partial charge in [0.05, 0.1) is 5.56 Å². The molecule has 0 aliphatic carbocycles. The SMILES string of the molecule is C/C(=C\C(=O)NCCS(C)=O)c1cccc(C(F)(F)F)c1. The molecule has 1 aromatic rings. The summed E-state index contributed by atoms with van der Waals surface area (Å²) in [7, 11) is -1.00. The van der Waals surface area contributed by atoms with Crippen LogP contribution in [0, 0.1) is 0 Å². The number of nitrogens with one attached hydrogen (secondary N) is 1. The Kier molecular flexibility index (Phi) is 6.14.